The van der Waals surface area contributed by atoms with Crippen LogP contribution < -0.4 is 5.73 Å². The standard InChI is InChI=1S/C12H25N3S/c1-10(2)4-5-14-6-8-15(9-7-14)11(3)12(13)16/h10-11H,4-9H2,1-3H3,(H2,13,16). The Bertz CT molecular complexity index is 222. The Kier molecular flexibility index (Phi) is 5.66. The normalized spacial score (nSPS) is 21.2. The van der Waals surface area contributed by atoms with Gasteiger partial charge in [0.2, 0.25) is 0 Å². The van der Waals surface area contributed by atoms with Gasteiger partial charge in [0, 0.05) is 26.2 Å². The van der Waals surface area contributed by atoms with Crippen LogP contribution >= 0.6 is 12.2 Å². The molecule has 1 heterocycles. The van der Waals surface area contributed by atoms with Gasteiger partial charge in [0.05, 0.1) is 11.0 Å². The lowest BCUT2D eigenvalue weighted by Crippen LogP contribution is -2.52. The van der Waals surface area contributed by atoms with Crippen molar-refractivity contribution in [2.75, 3.05) is 32.7 Å². The maximum absolute atomic E-state index is 5.68. The second-order valence-electron chi connectivity index (χ2n) is 5.14. The van der Waals surface area contributed by atoms with Gasteiger partial charge in [0.25, 0.3) is 0 Å². The third-order valence-electron chi connectivity index (χ3n) is 3.39. The molecule has 1 unspecified atom stereocenters. The summed E-state index contributed by atoms with van der Waals surface area (Å²) in [6.07, 6.45) is 1.30. The van der Waals surface area contributed by atoms with Gasteiger partial charge < -0.3 is 10.6 Å². The Morgan fingerprint density at radius 2 is 1.75 bits per heavy atom. The lowest BCUT2D eigenvalue weighted by molar-refractivity contribution is 0.119. The molecule has 4 heteroatoms. The average Bonchev–Trinajstić information content (AvgIpc) is 2.26. The van der Waals surface area contributed by atoms with E-state index in [0.29, 0.717) is 4.99 Å². The third kappa shape index (κ3) is 4.36. The molecule has 1 aliphatic rings. The summed E-state index contributed by atoms with van der Waals surface area (Å²) in [6, 6.07) is 0.252. The molecule has 16 heavy (non-hydrogen) atoms. The molecule has 0 aromatic heterocycles. The Hall–Kier alpha value is -0.190. The molecule has 0 aromatic rings. The van der Waals surface area contributed by atoms with Gasteiger partial charge in [0.15, 0.2) is 0 Å². The van der Waals surface area contributed by atoms with E-state index >= 15 is 0 Å². The first-order valence-electron chi connectivity index (χ1n) is 6.26. The van der Waals surface area contributed by atoms with E-state index < -0.39 is 0 Å². The van der Waals surface area contributed by atoms with Gasteiger partial charge in [0.1, 0.15) is 0 Å². The van der Waals surface area contributed by atoms with Crippen LogP contribution in [-0.4, -0.2) is 53.6 Å². The van der Waals surface area contributed by atoms with Crippen LogP contribution in [0.1, 0.15) is 27.2 Å². The van der Waals surface area contributed by atoms with Crippen molar-refractivity contribution in [3.63, 3.8) is 0 Å². The highest BCUT2D eigenvalue weighted by Gasteiger charge is 2.21. The van der Waals surface area contributed by atoms with E-state index in [-0.39, 0.29) is 6.04 Å². The Balaban J connectivity index is 2.25. The monoisotopic (exact) mass is 243 g/mol. The molecule has 0 amide bonds. The molecule has 1 atom stereocenters. The zero-order valence-electron chi connectivity index (χ0n) is 10.8. The van der Waals surface area contributed by atoms with E-state index in [9.17, 15) is 0 Å². The molecule has 0 aromatic carbocycles. The first-order valence-corrected chi connectivity index (χ1v) is 6.67. The molecule has 0 radical (unpaired) electrons. The van der Waals surface area contributed by atoms with E-state index in [1.807, 2.05) is 0 Å². The topological polar surface area (TPSA) is 32.5 Å². The van der Waals surface area contributed by atoms with E-state index in [1.54, 1.807) is 0 Å². The SMILES string of the molecule is CC(C)CCN1CCN(C(C)C(N)=S)CC1. The van der Waals surface area contributed by atoms with E-state index in [1.165, 1.54) is 13.0 Å². The third-order valence-corrected chi connectivity index (χ3v) is 3.73. The van der Waals surface area contributed by atoms with Gasteiger partial charge in [-0.05, 0) is 25.8 Å². The number of thiocarbonyl (C=S) groups is 1. The summed E-state index contributed by atoms with van der Waals surface area (Å²) in [4.78, 5) is 5.55. The summed E-state index contributed by atoms with van der Waals surface area (Å²) in [7, 11) is 0. The van der Waals surface area contributed by atoms with Gasteiger partial charge in [-0.15, -0.1) is 0 Å². The maximum Gasteiger partial charge on any atom is 0.0899 e. The van der Waals surface area contributed by atoms with Gasteiger partial charge in [-0.3, -0.25) is 4.90 Å². The molecule has 0 aliphatic carbocycles. The van der Waals surface area contributed by atoms with E-state index in [2.05, 4.69) is 30.6 Å². The molecule has 0 spiro atoms. The molecule has 1 rings (SSSR count). The van der Waals surface area contributed by atoms with Gasteiger partial charge in [-0.25, -0.2) is 0 Å². The van der Waals surface area contributed by atoms with Crippen LogP contribution in [0.15, 0.2) is 0 Å². The first-order chi connectivity index (χ1) is 7.50. The van der Waals surface area contributed by atoms with Gasteiger partial charge in [-0.2, -0.15) is 0 Å². The van der Waals surface area contributed by atoms with Crippen LogP contribution in [0.3, 0.4) is 0 Å². The molecule has 0 bridgehead atoms. The highest BCUT2D eigenvalue weighted by Crippen LogP contribution is 2.09. The van der Waals surface area contributed by atoms with E-state index in [4.69, 9.17) is 18.0 Å². The molecule has 2 N–H and O–H groups in total. The van der Waals surface area contributed by atoms with Crippen LogP contribution in [0.4, 0.5) is 0 Å². The smallest absolute Gasteiger partial charge is 0.0899 e. The summed E-state index contributed by atoms with van der Waals surface area (Å²) in [5.41, 5.74) is 5.68. The fourth-order valence-electron chi connectivity index (χ4n) is 1.99. The van der Waals surface area contributed by atoms with Crippen molar-refractivity contribution in [2.24, 2.45) is 11.7 Å². The molecular weight excluding hydrogens is 218 g/mol. The summed E-state index contributed by atoms with van der Waals surface area (Å²) >= 11 is 5.04. The Morgan fingerprint density at radius 3 is 2.19 bits per heavy atom. The summed E-state index contributed by atoms with van der Waals surface area (Å²) < 4.78 is 0. The number of hydrogen-bond acceptors (Lipinski definition) is 3. The Labute approximate surface area is 105 Å². The lowest BCUT2D eigenvalue weighted by Gasteiger charge is -2.37. The van der Waals surface area contributed by atoms with Crippen LogP contribution in [0.25, 0.3) is 0 Å². The number of nitrogens with two attached hydrogens (primary N) is 1. The van der Waals surface area contributed by atoms with Crippen molar-refractivity contribution in [3.8, 4) is 0 Å². The van der Waals surface area contributed by atoms with E-state index in [0.717, 1.165) is 32.1 Å². The minimum atomic E-state index is 0.252. The summed E-state index contributed by atoms with van der Waals surface area (Å²) in [5.74, 6) is 0.800. The van der Waals surface area contributed by atoms with Crippen LogP contribution in [0, 0.1) is 5.92 Å². The summed E-state index contributed by atoms with van der Waals surface area (Å²) in [5, 5.41) is 0. The van der Waals surface area contributed by atoms with Crippen molar-refractivity contribution in [1.29, 1.82) is 0 Å². The van der Waals surface area contributed by atoms with Crippen molar-refractivity contribution in [2.45, 2.75) is 33.2 Å². The number of hydrogen-bond donors (Lipinski definition) is 1. The number of rotatable bonds is 5. The quantitative estimate of drug-likeness (QED) is 0.738. The molecule has 1 aliphatic heterocycles. The van der Waals surface area contributed by atoms with Gasteiger partial charge in [-0.1, -0.05) is 26.1 Å². The number of piperazine rings is 1. The second kappa shape index (κ2) is 6.52. The van der Waals surface area contributed by atoms with Crippen molar-refractivity contribution in [3.05, 3.63) is 0 Å². The summed E-state index contributed by atoms with van der Waals surface area (Å²) in [6.45, 7) is 12.4. The highest BCUT2D eigenvalue weighted by molar-refractivity contribution is 7.80. The minimum Gasteiger partial charge on any atom is -0.392 e. The minimum absolute atomic E-state index is 0.252. The molecule has 94 valence electrons. The molecular formula is C12H25N3S. The fourth-order valence-corrected chi connectivity index (χ4v) is 2.14. The predicted octanol–water partition coefficient (Wildman–Crippen LogP) is 1.32. The lowest BCUT2D eigenvalue weighted by atomic mass is 10.1. The van der Waals surface area contributed by atoms with Crippen LogP contribution in [-0.2, 0) is 0 Å². The largest absolute Gasteiger partial charge is 0.392 e. The molecule has 0 saturated carbocycles. The average molecular weight is 243 g/mol. The van der Waals surface area contributed by atoms with Crippen LogP contribution in [0.5, 0.6) is 0 Å². The second-order valence-corrected chi connectivity index (χ2v) is 5.61. The zero-order chi connectivity index (χ0) is 12.1. The van der Waals surface area contributed by atoms with Crippen molar-refractivity contribution in [1.82, 2.24) is 9.80 Å². The first kappa shape index (κ1) is 13.9. The molecule has 1 saturated heterocycles. The Morgan fingerprint density at radius 1 is 1.19 bits per heavy atom. The maximum atomic E-state index is 5.68. The highest BCUT2D eigenvalue weighted by atomic mass is 32.1. The fraction of sp³-hybridized carbons (Fsp3) is 0.917. The van der Waals surface area contributed by atoms with Crippen molar-refractivity contribution >= 4 is 17.2 Å². The predicted molar refractivity (Wildman–Crippen MR) is 73.7 cm³/mol. The number of nitrogens with zero attached hydrogens (tertiary/aromatic N) is 2. The van der Waals surface area contributed by atoms with Gasteiger partial charge >= 0.3 is 0 Å². The van der Waals surface area contributed by atoms with Crippen LogP contribution in [0.2, 0.25) is 0 Å². The zero-order valence-corrected chi connectivity index (χ0v) is 11.6. The van der Waals surface area contributed by atoms with Crippen molar-refractivity contribution < 1.29 is 0 Å². The molecule has 3 nitrogen and oxygen atoms in total. The molecule has 1 fully saturated rings.